The van der Waals surface area contributed by atoms with E-state index in [2.05, 4.69) is 16.3 Å². The van der Waals surface area contributed by atoms with E-state index in [9.17, 15) is 4.79 Å². The average molecular weight is 360 g/mol. The number of carbonyl (C=O) groups is 1. The van der Waals surface area contributed by atoms with Gasteiger partial charge in [0.25, 0.3) is 0 Å². The number of esters is 1. The molecule has 0 amide bonds. The number of ether oxygens (including phenoxy) is 2. The van der Waals surface area contributed by atoms with Crippen LogP contribution in [0.4, 0.5) is 11.4 Å². The van der Waals surface area contributed by atoms with Gasteiger partial charge in [-0.1, -0.05) is 17.7 Å². The van der Waals surface area contributed by atoms with Gasteiger partial charge < -0.3 is 9.47 Å². The first-order valence-electron chi connectivity index (χ1n) is 8.50. The molecule has 0 aromatic heterocycles. The number of hydrogen-bond acceptors (Lipinski definition) is 5. The van der Waals surface area contributed by atoms with Crippen molar-refractivity contribution in [1.29, 1.82) is 0 Å². The Morgan fingerprint density at radius 1 is 0.815 bits per heavy atom. The quantitative estimate of drug-likeness (QED) is 0.321. The van der Waals surface area contributed by atoms with Gasteiger partial charge in [-0.3, -0.25) is 0 Å². The molecule has 0 atom stereocenters. The summed E-state index contributed by atoms with van der Waals surface area (Å²) in [6.45, 7) is 4.04. The third kappa shape index (κ3) is 4.79. The zero-order valence-electron chi connectivity index (χ0n) is 15.5. The summed E-state index contributed by atoms with van der Waals surface area (Å²) in [6.07, 6.45) is 0. The lowest BCUT2D eigenvalue weighted by molar-refractivity contribution is 0.0734. The van der Waals surface area contributed by atoms with Crippen LogP contribution in [0.1, 0.15) is 21.5 Å². The molecule has 3 aromatic carbocycles. The van der Waals surface area contributed by atoms with Gasteiger partial charge in [-0.05, 0) is 74.0 Å². The van der Waals surface area contributed by atoms with Crippen molar-refractivity contribution in [3.63, 3.8) is 0 Å². The fourth-order valence-electron chi connectivity index (χ4n) is 2.50. The van der Waals surface area contributed by atoms with Crippen molar-refractivity contribution in [2.45, 2.75) is 13.8 Å². The lowest BCUT2D eigenvalue weighted by Crippen LogP contribution is -2.08. The smallest absolute Gasteiger partial charge is 0.343 e. The minimum atomic E-state index is -0.428. The van der Waals surface area contributed by atoms with Crippen molar-refractivity contribution < 1.29 is 14.3 Å². The summed E-state index contributed by atoms with van der Waals surface area (Å²) in [5, 5.41) is 8.51. The third-order valence-corrected chi connectivity index (χ3v) is 4.00. The molecule has 0 spiro atoms. The summed E-state index contributed by atoms with van der Waals surface area (Å²) < 4.78 is 10.4. The molecule has 0 aliphatic heterocycles. The molecule has 3 aromatic rings. The van der Waals surface area contributed by atoms with Gasteiger partial charge >= 0.3 is 5.97 Å². The maximum Gasteiger partial charge on any atom is 0.343 e. The van der Waals surface area contributed by atoms with Gasteiger partial charge in [-0.2, -0.15) is 10.2 Å². The topological polar surface area (TPSA) is 60.2 Å². The van der Waals surface area contributed by atoms with E-state index in [1.807, 2.05) is 26.0 Å². The van der Waals surface area contributed by atoms with E-state index in [4.69, 9.17) is 9.47 Å². The van der Waals surface area contributed by atoms with Crippen molar-refractivity contribution in [1.82, 2.24) is 0 Å². The summed E-state index contributed by atoms with van der Waals surface area (Å²) in [4.78, 5) is 12.2. The van der Waals surface area contributed by atoms with Gasteiger partial charge in [-0.25, -0.2) is 4.79 Å². The van der Waals surface area contributed by atoms with E-state index in [1.54, 1.807) is 55.6 Å². The molecule has 0 aliphatic carbocycles. The molecule has 5 nitrogen and oxygen atoms in total. The Balaban J connectivity index is 1.65. The van der Waals surface area contributed by atoms with E-state index < -0.39 is 5.97 Å². The molecule has 0 saturated carbocycles. The van der Waals surface area contributed by atoms with Crippen LogP contribution in [-0.4, -0.2) is 13.1 Å². The van der Waals surface area contributed by atoms with Gasteiger partial charge in [0.2, 0.25) is 0 Å². The van der Waals surface area contributed by atoms with Crippen molar-refractivity contribution >= 4 is 17.3 Å². The number of hydrogen-bond donors (Lipinski definition) is 0. The van der Waals surface area contributed by atoms with Crippen molar-refractivity contribution in [2.75, 3.05) is 7.11 Å². The maximum atomic E-state index is 12.2. The standard InChI is InChI=1S/C22H20N2O3/c1-15-4-13-21(16(2)14-15)24-23-18-7-11-20(12-8-18)27-22(25)17-5-9-19(26-3)10-6-17/h4-14H,1-3H3. The van der Waals surface area contributed by atoms with Crippen LogP contribution in [0.25, 0.3) is 0 Å². The Labute approximate surface area is 158 Å². The van der Waals surface area contributed by atoms with E-state index in [-0.39, 0.29) is 0 Å². The number of nitrogens with zero attached hydrogens (tertiary/aromatic N) is 2. The molecule has 0 bridgehead atoms. The van der Waals surface area contributed by atoms with Gasteiger partial charge in [0, 0.05) is 0 Å². The largest absolute Gasteiger partial charge is 0.497 e. The first-order chi connectivity index (χ1) is 13.0. The molecule has 0 fully saturated rings. The monoisotopic (exact) mass is 360 g/mol. The Morgan fingerprint density at radius 2 is 1.48 bits per heavy atom. The molecule has 136 valence electrons. The predicted octanol–water partition coefficient (Wildman–Crippen LogP) is 5.95. The summed E-state index contributed by atoms with van der Waals surface area (Å²) in [5.41, 5.74) is 4.22. The second-order valence-corrected chi connectivity index (χ2v) is 6.10. The molecular formula is C22H20N2O3. The van der Waals surface area contributed by atoms with Crippen molar-refractivity contribution in [3.8, 4) is 11.5 Å². The Kier molecular flexibility index (Phi) is 5.61. The van der Waals surface area contributed by atoms with Gasteiger partial charge in [-0.15, -0.1) is 0 Å². The third-order valence-electron chi connectivity index (χ3n) is 4.00. The number of benzene rings is 3. The fourth-order valence-corrected chi connectivity index (χ4v) is 2.50. The first kappa shape index (κ1) is 18.3. The molecule has 0 radical (unpaired) electrons. The molecule has 0 unspecified atom stereocenters. The van der Waals surface area contributed by atoms with Crippen LogP contribution < -0.4 is 9.47 Å². The second-order valence-electron chi connectivity index (χ2n) is 6.10. The second kappa shape index (κ2) is 8.27. The molecule has 0 N–H and O–H groups in total. The lowest BCUT2D eigenvalue weighted by atomic mass is 10.1. The van der Waals surface area contributed by atoms with Crippen molar-refractivity contribution in [2.24, 2.45) is 10.2 Å². The summed E-state index contributed by atoms with van der Waals surface area (Å²) in [7, 11) is 1.58. The van der Waals surface area contributed by atoms with Crippen LogP contribution in [-0.2, 0) is 0 Å². The highest BCUT2D eigenvalue weighted by Gasteiger charge is 2.08. The maximum absolute atomic E-state index is 12.2. The minimum absolute atomic E-state index is 0.428. The SMILES string of the molecule is COc1ccc(C(=O)Oc2ccc(N=Nc3ccc(C)cc3C)cc2)cc1. The molecule has 0 saturated heterocycles. The zero-order chi connectivity index (χ0) is 19.2. The lowest BCUT2D eigenvalue weighted by Gasteiger charge is -2.05. The Bertz CT molecular complexity index is 962. The summed E-state index contributed by atoms with van der Waals surface area (Å²) in [6, 6.07) is 19.7. The van der Waals surface area contributed by atoms with Crippen molar-refractivity contribution in [3.05, 3.63) is 83.4 Å². The highest BCUT2D eigenvalue weighted by atomic mass is 16.5. The number of methoxy groups -OCH3 is 1. The molecule has 3 rings (SSSR count). The van der Waals surface area contributed by atoms with E-state index in [0.717, 1.165) is 11.3 Å². The van der Waals surface area contributed by atoms with Gasteiger partial charge in [0.15, 0.2) is 0 Å². The van der Waals surface area contributed by atoms with Gasteiger partial charge in [0.1, 0.15) is 11.5 Å². The van der Waals surface area contributed by atoms with E-state index in [1.165, 1.54) is 5.56 Å². The summed E-state index contributed by atoms with van der Waals surface area (Å²) >= 11 is 0. The number of aryl methyl sites for hydroxylation is 2. The number of azo groups is 1. The molecule has 0 heterocycles. The zero-order valence-corrected chi connectivity index (χ0v) is 15.5. The summed E-state index contributed by atoms with van der Waals surface area (Å²) in [5.74, 6) is 0.702. The van der Waals surface area contributed by atoms with E-state index >= 15 is 0 Å². The average Bonchev–Trinajstić information content (AvgIpc) is 2.68. The molecule has 0 aliphatic rings. The van der Waals surface area contributed by atoms with Crippen LogP contribution in [0, 0.1) is 13.8 Å². The Morgan fingerprint density at radius 3 is 2.11 bits per heavy atom. The fraction of sp³-hybridized carbons (Fsp3) is 0.136. The highest BCUT2D eigenvalue weighted by Crippen LogP contribution is 2.24. The normalized spacial score (nSPS) is 10.8. The number of carbonyl (C=O) groups excluding carboxylic acids is 1. The molecule has 27 heavy (non-hydrogen) atoms. The van der Waals surface area contributed by atoms with Crippen LogP contribution in [0.2, 0.25) is 0 Å². The van der Waals surface area contributed by atoms with Crippen LogP contribution >= 0.6 is 0 Å². The molecular weight excluding hydrogens is 340 g/mol. The first-order valence-corrected chi connectivity index (χ1v) is 8.50. The van der Waals surface area contributed by atoms with E-state index in [0.29, 0.717) is 22.7 Å². The Hall–Kier alpha value is -3.47. The van der Waals surface area contributed by atoms with Crippen LogP contribution in [0.5, 0.6) is 11.5 Å². The van der Waals surface area contributed by atoms with Crippen LogP contribution in [0.3, 0.4) is 0 Å². The highest BCUT2D eigenvalue weighted by molar-refractivity contribution is 5.91. The molecule has 5 heteroatoms. The van der Waals surface area contributed by atoms with Crippen LogP contribution in [0.15, 0.2) is 77.0 Å². The minimum Gasteiger partial charge on any atom is -0.497 e. The number of rotatable bonds is 5. The predicted molar refractivity (Wildman–Crippen MR) is 104 cm³/mol. The van der Waals surface area contributed by atoms with Gasteiger partial charge in [0.05, 0.1) is 24.0 Å².